The van der Waals surface area contributed by atoms with Gasteiger partial charge in [0.25, 0.3) is 0 Å². The SMILES string of the molecule is [CH2]Cc1cccc2c1CNC2. The quantitative estimate of drug-likeness (QED) is 0.635. The topological polar surface area (TPSA) is 12.0 Å². The highest BCUT2D eigenvalue weighted by molar-refractivity contribution is 5.37. The van der Waals surface area contributed by atoms with Crippen LogP contribution in [0, 0.1) is 6.92 Å². The summed E-state index contributed by atoms with van der Waals surface area (Å²) in [5.41, 5.74) is 4.32. The molecule has 1 N–H and O–H groups in total. The molecule has 1 radical (unpaired) electrons. The van der Waals surface area contributed by atoms with E-state index in [2.05, 4.69) is 30.4 Å². The van der Waals surface area contributed by atoms with E-state index in [9.17, 15) is 0 Å². The van der Waals surface area contributed by atoms with Gasteiger partial charge in [0.05, 0.1) is 0 Å². The highest BCUT2D eigenvalue weighted by Gasteiger charge is 2.11. The Morgan fingerprint density at radius 2 is 2.27 bits per heavy atom. The van der Waals surface area contributed by atoms with Gasteiger partial charge in [-0.05, 0) is 30.0 Å². The van der Waals surface area contributed by atoms with E-state index >= 15 is 0 Å². The van der Waals surface area contributed by atoms with E-state index in [4.69, 9.17) is 0 Å². The maximum absolute atomic E-state index is 3.91. The first-order chi connectivity index (χ1) is 5.42. The Labute approximate surface area is 67.4 Å². The fraction of sp³-hybridized carbons (Fsp3) is 0.300. The van der Waals surface area contributed by atoms with Crippen molar-refractivity contribution in [1.29, 1.82) is 0 Å². The number of hydrogen-bond acceptors (Lipinski definition) is 1. The molecule has 1 nitrogen and oxygen atoms in total. The van der Waals surface area contributed by atoms with E-state index < -0.39 is 0 Å². The van der Waals surface area contributed by atoms with E-state index in [0.717, 1.165) is 19.5 Å². The fourth-order valence-corrected chi connectivity index (χ4v) is 1.64. The number of nitrogens with one attached hydrogen (secondary N) is 1. The molecule has 0 fully saturated rings. The van der Waals surface area contributed by atoms with Crippen molar-refractivity contribution in [2.24, 2.45) is 0 Å². The Bertz CT molecular complexity index is 266. The Morgan fingerprint density at radius 1 is 1.36 bits per heavy atom. The first-order valence-corrected chi connectivity index (χ1v) is 4.01. The predicted octanol–water partition coefficient (Wildman–Crippen LogP) is 1.67. The first-order valence-electron chi connectivity index (χ1n) is 4.01. The Morgan fingerprint density at radius 3 is 3.09 bits per heavy atom. The van der Waals surface area contributed by atoms with Gasteiger partial charge in [-0.3, -0.25) is 0 Å². The fourth-order valence-electron chi connectivity index (χ4n) is 1.64. The minimum atomic E-state index is 0.908. The van der Waals surface area contributed by atoms with Crippen molar-refractivity contribution in [3.8, 4) is 0 Å². The second-order valence-electron chi connectivity index (χ2n) is 2.91. The lowest BCUT2D eigenvalue weighted by Crippen LogP contribution is -2.00. The zero-order chi connectivity index (χ0) is 7.68. The molecule has 0 amide bonds. The van der Waals surface area contributed by atoms with Crippen molar-refractivity contribution in [1.82, 2.24) is 5.32 Å². The van der Waals surface area contributed by atoms with Gasteiger partial charge in [-0.25, -0.2) is 0 Å². The summed E-state index contributed by atoms with van der Waals surface area (Å²) in [6.07, 6.45) is 0.908. The molecule has 0 atom stereocenters. The van der Waals surface area contributed by atoms with Gasteiger partial charge in [-0.15, -0.1) is 0 Å². The van der Waals surface area contributed by atoms with E-state index in [1.807, 2.05) is 0 Å². The van der Waals surface area contributed by atoms with Crippen LogP contribution in [-0.2, 0) is 19.5 Å². The Balaban J connectivity index is 2.50. The largest absolute Gasteiger partial charge is 0.309 e. The summed E-state index contributed by atoms with van der Waals surface area (Å²) in [5.74, 6) is 0. The summed E-state index contributed by atoms with van der Waals surface area (Å²) in [6, 6.07) is 6.47. The van der Waals surface area contributed by atoms with Gasteiger partial charge >= 0.3 is 0 Å². The molecule has 1 heteroatoms. The first kappa shape index (κ1) is 6.86. The van der Waals surface area contributed by atoms with Crippen LogP contribution in [0.15, 0.2) is 18.2 Å². The van der Waals surface area contributed by atoms with Crippen molar-refractivity contribution in [2.45, 2.75) is 19.5 Å². The average molecular weight is 146 g/mol. The standard InChI is InChI=1S/C10H12N/c1-2-8-4-3-5-9-6-11-7-10(8)9/h3-5,11H,1-2,6-7H2. The smallest absolute Gasteiger partial charge is 0.0214 e. The molecule has 0 aromatic heterocycles. The summed E-state index contributed by atoms with van der Waals surface area (Å²) < 4.78 is 0. The maximum atomic E-state index is 3.91. The van der Waals surface area contributed by atoms with Crippen LogP contribution in [0.4, 0.5) is 0 Å². The molecule has 0 unspecified atom stereocenters. The highest BCUT2D eigenvalue weighted by Crippen LogP contribution is 2.19. The van der Waals surface area contributed by atoms with Gasteiger partial charge in [0.2, 0.25) is 0 Å². The van der Waals surface area contributed by atoms with E-state index in [0.29, 0.717) is 0 Å². The zero-order valence-electron chi connectivity index (χ0n) is 6.56. The van der Waals surface area contributed by atoms with Crippen molar-refractivity contribution in [3.63, 3.8) is 0 Å². The second kappa shape index (κ2) is 2.67. The molecule has 1 aliphatic heterocycles. The number of fused-ring (bicyclic) bond motifs is 1. The zero-order valence-corrected chi connectivity index (χ0v) is 6.56. The van der Waals surface area contributed by atoms with Crippen molar-refractivity contribution in [2.75, 3.05) is 0 Å². The van der Waals surface area contributed by atoms with Gasteiger partial charge in [0.15, 0.2) is 0 Å². The third-order valence-electron chi connectivity index (χ3n) is 2.26. The molecule has 1 aliphatic rings. The minimum absolute atomic E-state index is 0.908. The molecule has 57 valence electrons. The van der Waals surface area contributed by atoms with Gasteiger partial charge in [-0.1, -0.05) is 18.2 Å². The van der Waals surface area contributed by atoms with Crippen molar-refractivity contribution < 1.29 is 0 Å². The van der Waals surface area contributed by atoms with E-state index in [-0.39, 0.29) is 0 Å². The van der Waals surface area contributed by atoms with Crippen LogP contribution in [0.5, 0.6) is 0 Å². The van der Waals surface area contributed by atoms with Crippen molar-refractivity contribution in [3.05, 3.63) is 41.8 Å². The van der Waals surface area contributed by atoms with Crippen LogP contribution >= 0.6 is 0 Å². The molecular weight excluding hydrogens is 134 g/mol. The van der Waals surface area contributed by atoms with Crippen LogP contribution < -0.4 is 5.32 Å². The van der Waals surface area contributed by atoms with E-state index in [1.165, 1.54) is 16.7 Å². The summed E-state index contributed by atoms with van der Waals surface area (Å²) in [5, 5.41) is 3.33. The van der Waals surface area contributed by atoms with Crippen LogP contribution in [-0.4, -0.2) is 0 Å². The molecule has 0 saturated carbocycles. The lowest BCUT2D eigenvalue weighted by atomic mass is 10.0. The van der Waals surface area contributed by atoms with Crippen LogP contribution in [0.25, 0.3) is 0 Å². The molecule has 0 bridgehead atoms. The monoisotopic (exact) mass is 146 g/mol. The summed E-state index contributed by atoms with van der Waals surface area (Å²) >= 11 is 0. The Kier molecular flexibility index (Phi) is 1.66. The van der Waals surface area contributed by atoms with Crippen LogP contribution in [0.1, 0.15) is 16.7 Å². The summed E-state index contributed by atoms with van der Waals surface area (Å²) in [4.78, 5) is 0. The number of rotatable bonds is 1. The van der Waals surface area contributed by atoms with Crippen LogP contribution in [0.2, 0.25) is 0 Å². The molecule has 1 aromatic carbocycles. The molecule has 0 aliphatic carbocycles. The summed E-state index contributed by atoms with van der Waals surface area (Å²) in [7, 11) is 0. The molecule has 0 saturated heterocycles. The lowest BCUT2D eigenvalue weighted by molar-refractivity contribution is 0.762. The third kappa shape index (κ3) is 1.05. The third-order valence-corrected chi connectivity index (χ3v) is 2.26. The molecule has 1 aromatic rings. The maximum Gasteiger partial charge on any atom is 0.0214 e. The second-order valence-corrected chi connectivity index (χ2v) is 2.91. The normalized spacial score (nSPS) is 15.0. The predicted molar refractivity (Wildman–Crippen MR) is 46.0 cm³/mol. The molecule has 11 heavy (non-hydrogen) atoms. The molecule has 0 spiro atoms. The lowest BCUT2D eigenvalue weighted by Gasteiger charge is -2.03. The van der Waals surface area contributed by atoms with Gasteiger partial charge < -0.3 is 5.32 Å². The summed E-state index contributed by atoms with van der Waals surface area (Å²) in [6.45, 7) is 5.97. The van der Waals surface area contributed by atoms with Gasteiger partial charge in [-0.2, -0.15) is 0 Å². The van der Waals surface area contributed by atoms with Crippen molar-refractivity contribution >= 4 is 0 Å². The van der Waals surface area contributed by atoms with Gasteiger partial charge in [0, 0.05) is 13.1 Å². The van der Waals surface area contributed by atoms with E-state index in [1.54, 1.807) is 0 Å². The minimum Gasteiger partial charge on any atom is -0.309 e. The number of benzene rings is 1. The molecule has 2 rings (SSSR count). The Hall–Kier alpha value is -0.820. The van der Waals surface area contributed by atoms with Gasteiger partial charge in [0.1, 0.15) is 0 Å². The van der Waals surface area contributed by atoms with Crippen LogP contribution in [0.3, 0.4) is 0 Å². The molecule has 1 heterocycles. The highest BCUT2D eigenvalue weighted by atomic mass is 14.9. The molecular formula is C10H12N. The number of hydrogen-bond donors (Lipinski definition) is 1. The average Bonchev–Trinajstić information content (AvgIpc) is 2.50.